The summed E-state index contributed by atoms with van der Waals surface area (Å²) >= 11 is 7.68. The molecule has 0 aliphatic carbocycles. The van der Waals surface area contributed by atoms with Gasteiger partial charge in [0, 0.05) is 17.1 Å². The molecule has 1 heterocycles. The second-order valence-corrected chi connectivity index (χ2v) is 7.17. The Bertz CT molecular complexity index is 806. The third-order valence-corrected chi connectivity index (χ3v) is 5.12. The van der Waals surface area contributed by atoms with Gasteiger partial charge in [0.1, 0.15) is 6.04 Å². The molecule has 0 aliphatic heterocycles. The number of quaternary nitrogens is 1. The Morgan fingerprint density at radius 2 is 1.92 bits per heavy atom. The van der Waals surface area contributed by atoms with E-state index >= 15 is 0 Å². The second-order valence-electron chi connectivity index (χ2n) is 5.75. The van der Waals surface area contributed by atoms with Crippen LogP contribution in [0.1, 0.15) is 22.0 Å². The van der Waals surface area contributed by atoms with Crippen molar-refractivity contribution in [1.82, 2.24) is 5.32 Å². The molecule has 3 N–H and O–H groups in total. The van der Waals surface area contributed by atoms with Crippen molar-refractivity contribution in [3.8, 4) is 0 Å². The first-order valence-electron chi connectivity index (χ1n) is 8.15. The maximum Gasteiger partial charge on any atom is 0.275 e. The Kier molecular flexibility index (Phi) is 6.23. The van der Waals surface area contributed by atoms with Crippen molar-refractivity contribution in [1.29, 1.82) is 0 Å². The van der Waals surface area contributed by atoms with E-state index < -0.39 is 0 Å². The highest BCUT2D eigenvalue weighted by Crippen LogP contribution is 2.22. The van der Waals surface area contributed by atoms with Gasteiger partial charge >= 0.3 is 0 Å². The number of carbonyl (C=O) groups is 1. The van der Waals surface area contributed by atoms with Crippen LogP contribution in [0.15, 0.2) is 72.1 Å². The summed E-state index contributed by atoms with van der Waals surface area (Å²) in [6.45, 7) is 0.861. The van der Waals surface area contributed by atoms with Crippen LogP contribution in [0.5, 0.6) is 0 Å². The van der Waals surface area contributed by atoms with E-state index in [1.54, 1.807) is 11.3 Å². The van der Waals surface area contributed by atoms with Crippen molar-refractivity contribution in [3.63, 3.8) is 0 Å². The average Bonchev–Trinajstić information content (AvgIpc) is 3.15. The zero-order valence-electron chi connectivity index (χ0n) is 13.7. The number of halogens is 1. The largest absolute Gasteiger partial charge is 0.347 e. The molecule has 0 saturated heterocycles. The smallest absolute Gasteiger partial charge is 0.275 e. The van der Waals surface area contributed by atoms with Gasteiger partial charge in [0.15, 0.2) is 6.54 Å². The first-order chi connectivity index (χ1) is 12.2. The van der Waals surface area contributed by atoms with Gasteiger partial charge in [-0.2, -0.15) is 0 Å². The van der Waals surface area contributed by atoms with Crippen molar-refractivity contribution in [2.45, 2.75) is 12.6 Å². The number of rotatable bonds is 7. The van der Waals surface area contributed by atoms with Gasteiger partial charge in [-0.15, -0.1) is 11.3 Å². The fourth-order valence-electron chi connectivity index (χ4n) is 2.69. The number of nitrogens with one attached hydrogen (secondary N) is 1. The van der Waals surface area contributed by atoms with Crippen LogP contribution in [0.3, 0.4) is 0 Å². The van der Waals surface area contributed by atoms with Crippen molar-refractivity contribution < 1.29 is 10.1 Å². The molecule has 0 fully saturated rings. The molecule has 0 unspecified atom stereocenters. The van der Waals surface area contributed by atoms with Gasteiger partial charge in [-0.1, -0.05) is 60.1 Å². The van der Waals surface area contributed by atoms with Gasteiger partial charge in [0.2, 0.25) is 0 Å². The first-order valence-corrected chi connectivity index (χ1v) is 9.41. The first kappa shape index (κ1) is 17.7. The van der Waals surface area contributed by atoms with Crippen LogP contribution < -0.4 is 10.6 Å². The number of amides is 1. The third-order valence-electron chi connectivity index (χ3n) is 3.93. The van der Waals surface area contributed by atoms with Crippen LogP contribution in [0.25, 0.3) is 0 Å². The normalized spacial score (nSPS) is 11.9. The van der Waals surface area contributed by atoms with Crippen LogP contribution in [-0.2, 0) is 11.3 Å². The lowest BCUT2D eigenvalue weighted by Crippen LogP contribution is -2.87. The van der Waals surface area contributed by atoms with Gasteiger partial charge in [-0.25, -0.2) is 0 Å². The topological polar surface area (TPSA) is 45.7 Å². The fraction of sp³-hybridized carbons (Fsp3) is 0.150. The van der Waals surface area contributed by atoms with E-state index in [9.17, 15) is 4.79 Å². The standard InChI is InChI=1S/C20H19ClN2OS/c21-17-9-4-6-15(12-17)13-22-19(24)14-23-20(18-10-5-11-25-18)16-7-2-1-3-8-16/h1-12,20,23H,13-14H2,(H,22,24)/p+1/t20-/m0/s1. The van der Waals surface area contributed by atoms with Crippen LogP contribution in [0.4, 0.5) is 0 Å². The molecule has 3 nitrogen and oxygen atoms in total. The van der Waals surface area contributed by atoms with Gasteiger partial charge < -0.3 is 10.6 Å². The molecule has 3 rings (SSSR count). The summed E-state index contributed by atoms with van der Waals surface area (Å²) in [5, 5.41) is 7.78. The molecule has 128 valence electrons. The predicted octanol–water partition coefficient (Wildman–Crippen LogP) is 3.37. The summed E-state index contributed by atoms with van der Waals surface area (Å²) in [5.41, 5.74) is 2.20. The highest BCUT2D eigenvalue weighted by Gasteiger charge is 2.19. The number of benzene rings is 2. The highest BCUT2D eigenvalue weighted by molar-refractivity contribution is 7.10. The quantitative estimate of drug-likeness (QED) is 0.657. The lowest BCUT2D eigenvalue weighted by molar-refractivity contribution is -0.676. The van der Waals surface area contributed by atoms with Crippen LogP contribution in [0, 0.1) is 0 Å². The molecule has 0 radical (unpaired) electrons. The zero-order chi connectivity index (χ0) is 17.5. The summed E-state index contributed by atoms with van der Waals surface area (Å²) in [5.74, 6) is 0.0115. The molecule has 0 spiro atoms. The maximum atomic E-state index is 12.2. The number of carbonyl (C=O) groups excluding carboxylic acids is 1. The third kappa shape index (κ3) is 5.16. The molecule has 25 heavy (non-hydrogen) atoms. The van der Waals surface area contributed by atoms with Gasteiger partial charge in [0.05, 0.1) is 4.88 Å². The van der Waals surface area contributed by atoms with E-state index in [1.165, 1.54) is 10.4 Å². The Hall–Kier alpha value is -2.14. The van der Waals surface area contributed by atoms with E-state index in [2.05, 4.69) is 34.2 Å². The van der Waals surface area contributed by atoms with E-state index in [-0.39, 0.29) is 11.9 Å². The Labute approximate surface area is 156 Å². The van der Waals surface area contributed by atoms with E-state index in [4.69, 9.17) is 11.6 Å². The van der Waals surface area contributed by atoms with Crippen molar-refractivity contribution >= 4 is 28.8 Å². The number of hydrogen-bond acceptors (Lipinski definition) is 2. The van der Waals surface area contributed by atoms with E-state index in [1.807, 2.05) is 48.5 Å². The summed E-state index contributed by atoms with van der Waals surface area (Å²) in [6.07, 6.45) is 0. The number of hydrogen-bond donors (Lipinski definition) is 2. The Morgan fingerprint density at radius 3 is 2.64 bits per heavy atom. The molecule has 1 aromatic heterocycles. The molecule has 1 atom stereocenters. The lowest BCUT2D eigenvalue weighted by atomic mass is 10.1. The molecule has 0 saturated carbocycles. The Balaban J connectivity index is 1.58. The minimum absolute atomic E-state index is 0.0115. The van der Waals surface area contributed by atoms with Crippen LogP contribution in [0.2, 0.25) is 5.02 Å². The van der Waals surface area contributed by atoms with E-state index in [0.717, 1.165) is 5.56 Å². The van der Waals surface area contributed by atoms with Gasteiger partial charge in [0.25, 0.3) is 5.91 Å². The van der Waals surface area contributed by atoms with Crippen LogP contribution in [-0.4, -0.2) is 12.5 Å². The lowest BCUT2D eigenvalue weighted by Gasteiger charge is -2.14. The van der Waals surface area contributed by atoms with Crippen molar-refractivity contribution in [2.24, 2.45) is 0 Å². The Morgan fingerprint density at radius 1 is 1.08 bits per heavy atom. The molecule has 2 aromatic carbocycles. The van der Waals surface area contributed by atoms with Crippen molar-refractivity contribution in [2.75, 3.05) is 6.54 Å². The zero-order valence-corrected chi connectivity index (χ0v) is 15.3. The molecular formula is C20H20ClN2OS+. The summed E-state index contributed by atoms with van der Waals surface area (Å²) in [4.78, 5) is 13.5. The summed E-state index contributed by atoms with van der Waals surface area (Å²) < 4.78 is 0. The van der Waals surface area contributed by atoms with Gasteiger partial charge in [-0.05, 0) is 29.1 Å². The summed E-state index contributed by atoms with van der Waals surface area (Å²) in [6, 6.07) is 22.1. The number of nitrogens with two attached hydrogens (primary N) is 1. The molecule has 3 aromatic rings. The SMILES string of the molecule is O=C(C[NH2+][C@@H](c1ccccc1)c1cccs1)NCc1cccc(Cl)c1. The molecule has 0 bridgehead atoms. The minimum atomic E-state index is 0.0115. The maximum absolute atomic E-state index is 12.2. The molecular weight excluding hydrogens is 352 g/mol. The minimum Gasteiger partial charge on any atom is -0.347 e. The van der Waals surface area contributed by atoms with Gasteiger partial charge in [-0.3, -0.25) is 4.79 Å². The molecule has 5 heteroatoms. The average molecular weight is 372 g/mol. The van der Waals surface area contributed by atoms with E-state index in [0.29, 0.717) is 18.1 Å². The molecule has 1 amide bonds. The second kappa shape index (κ2) is 8.81. The van der Waals surface area contributed by atoms with Crippen LogP contribution >= 0.6 is 22.9 Å². The highest BCUT2D eigenvalue weighted by atomic mass is 35.5. The molecule has 0 aliphatic rings. The number of thiophene rings is 1. The predicted molar refractivity (Wildman–Crippen MR) is 103 cm³/mol. The fourth-order valence-corrected chi connectivity index (χ4v) is 3.75. The summed E-state index contributed by atoms with van der Waals surface area (Å²) in [7, 11) is 0. The van der Waals surface area contributed by atoms with Crippen molar-refractivity contribution in [3.05, 3.63) is 93.1 Å². The monoisotopic (exact) mass is 371 g/mol.